The average molecular weight is 357 g/mol. The molecule has 2 aliphatic heterocycles. The zero-order valence-electron chi connectivity index (χ0n) is 15.6. The van der Waals surface area contributed by atoms with Gasteiger partial charge in [0.15, 0.2) is 0 Å². The lowest BCUT2D eigenvalue weighted by Crippen LogP contribution is -2.53. The quantitative estimate of drug-likeness (QED) is 0.791. The van der Waals surface area contributed by atoms with Gasteiger partial charge < -0.3 is 5.32 Å². The molecule has 1 saturated heterocycles. The first-order valence-electron chi connectivity index (χ1n) is 9.37. The van der Waals surface area contributed by atoms with E-state index >= 15 is 0 Å². The maximum absolute atomic E-state index is 12.3. The van der Waals surface area contributed by atoms with Crippen molar-refractivity contribution in [3.8, 4) is 0 Å². The highest BCUT2D eigenvalue weighted by Crippen LogP contribution is 2.22. The molecule has 0 aliphatic carbocycles. The summed E-state index contributed by atoms with van der Waals surface area (Å²) in [4.78, 5) is 40.4. The van der Waals surface area contributed by atoms with Crippen molar-refractivity contribution < 1.29 is 14.4 Å². The van der Waals surface area contributed by atoms with Crippen LogP contribution in [0.3, 0.4) is 0 Å². The van der Waals surface area contributed by atoms with Gasteiger partial charge in [-0.05, 0) is 51.9 Å². The number of likely N-dealkylation sites (tertiary alicyclic amines) is 1. The number of amides is 3. The minimum atomic E-state index is -0.313. The molecular weight excluding hydrogens is 330 g/mol. The third-order valence-corrected chi connectivity index (χ3v) is 5.37. The van der Waals surface area contributed by atoms with E-state index in [1.54, 1.807) is 24.3 Å². The van der Waals surface area contributed by atoms with Gasteiger partial charge in [0.2, 0.25) is 5.91 Å². The van der Waals surface area contributed by atoms with Crippen LogP contribution in [-0.4, -0.2) is 59.2 Å². The van der Waals surface area contributed by atoms with Gasteiger partial charge in [-0.3, -0.25) is 24.2 Å². The van der Waals surface area contributed by atoms with Gasteiger partial charge in [0.1, 0.15) is 0 Å². The number of fused-ring (bicyclic) bond motifs is 1. The van der Waals surface area contributed by atoms with Crippen LogP contribution in [0.15, 0.2) is 24.3 Å². The molecule has 0 radical (unpaired) electrons. The number of carbonyl (C=O) groups excluding carboxylic acids is 3. The summed E-state index contributed by atoms with van der Waals surface area (Å²) >= 11 is 0. The van der Waals surface area contributed by atoms with Crippen molar-refractivity contribution in [2.45, 2.75) is 45.1 Å². The Morgan fingerprint density at radius 3 is 2.19 bits per heavy atom. The summed E-state index contributed by atoms with van der Waals surface area (Å²) < 4.78 is 0. The molecule has 3 rings (SSSR count). The van der Waals surface area contributed by atoms with Gasteiger partial charge in [-0.1, -0.05) is 18.6 Å². The molecule has 1 aromatic rings. The van der Waals surface area contributed by atoms with Crippen molar-refractivity contribution >= 4 is 17.7 Å². The molecule has 3 amide bonds. The van der Waals surface area contributed by atoms with E-state index in [1.165, 1.54) is 24.2 Å². The van der Waals surface area contributed by atoms with Gasteiger partial charge >= 0.3 is 0 Å². The van der Waals surface area contributed by atoms with Gasteiger partial charge in [0.25, 0.3) is 11.8 Å². The Balaban J connectivity index is 1.49. The predicted octanol–water partition coefficient (Wildman–Crippen LogP) is 2.05. The zero-order valence-corrected chi connectivity index (χ0v) is 15.6. The standard InChI is InChI=1S/C20H27N3O3/c1-20(2,22-11-6-3-7-12-22)14-21-17(24)10-13-23-18(25)15-8-4-5-9-16(15)19(23)26/h4-5,8-9H,3,6-7,10-14H2,1-2H3,(H,21,24). The minimum absolute atomic E-state index is 0.0917. The molecule has 0 unspecified atom stereocenters. The van der Waals surface area contributed by atoms with Gasteiger partial charge in [-0.2, -0.15) is 0 Å². The van der Waals surface area contributed by atoms with E-state index in [4.69, 9.17) is 0 Å². The fraction of sp³-hybridized carbons (Fsp3) is 0.550. The molecule has 2 heterocycles. The van der Waals surface area contributed by atoms with Crippen molar-refractivity contribution in [2.75, 3.05) is 26.2 Å². The molecular formula is C20H27N3O3. The Kier molecular flexibility index (Phi) is 5.41. The molecule has 1 aromatic carbocycles. The van der Waals surface area contributed by atoms with Gasteiger partial charge in [-0.15, -0.1) is 0 Å². The Morgan fingerprint density at radius 2 is 1.62 bits per heavy atom. The monoisotopic (exact) mass is 357 g/mol. The molecule has 140 valence electrons. The summed E-state index contributed by atoms with van der Waals surface area (Å²) in [5.41, 5.74) is 0.749. The molecule has 0 aromatic heterocycles. The van der Waals surface area contributed by atoms with Crippen LogP contribution in [0.1, 0.15) is 60.2 Å². The number of nitrogens with one attached hydrogen (secondary N) is 1. The predicted molar refractivity (Wildman–Crippen MR) is 98.9 cm³/mol. The summed E-state index contributed by atoms with van der Waals surface area (Å²) in [5.74, 6) is -0.759. The molecule has 2 aliphatic rings. The van der Waals surface area contributed by atoms with Gasteiger partial charge in [0.05, 0.1) is 11.1 Å². The van der Waals surface area contributed by atoms with Crippen LogP contribution < -0.4 is 5.32 Å². The molecule has 6 nitrogen and oxygen atoms in total. The molecule has 0 spiro atoms. The van der Waals surface area contributed by atoms with E-state index in [1.807, 2.05) is 0 Å². The Morgan fingerprint density at radius 1 is 1.04 bits per heavy atom. The molecule has 26 heavy (non-hydrogen) atoms. The van der Waals surface area contributed by atoms with Crippen LogP contribution in [0.25, 0.3) is 0 Å². The number of benzene rings is 1. The highest BCUT2D eigenvalue weighted by atomic mass is 16.2. The number of piperidine rings is 1. The lowest BCUT2D eigenvalue weighted by atomic mass is 9.98. The number of carbonyl (C=O) groups is 3. The first-order chi connectivity index (χ1) is 12.4. The van der Waals surface area contributed by atoms with Crippen molar-refractivity contribution in [2.24, 2.45) is 0 Å². The van der Waals surface area contributed by atoms with Gasteiger partial charge in [0, 0.05) is 25.0 Å². The van der Waals surface area contributed by atoms with Crippen molar-refractivity contribution in [3.05, 3.63) is 35.4 Å². The van der Waals surface area contributed by atoms with Crippen LogP contribution in [-0.2, 0) is 4.79 Å². The third kappa shape index (κ3) is 3.80. The number of nitrogens with zero attached hydrogens (tertiary/aromatic N) is 2. The fourth-order valence-corrected chi connectivity index (χ4v) is 3.67. The SMILES string of the molecule is CC(C)(CNC(=O)CCN1C(=O)c2ccccc2C1=O)N1CCCCC1. The average Bonchev–Trinajstić information content (AvgIpc) is 2.90. The molecule has 1 fully saturated rings. The smallest absolute Gasteiger partial charge is 0.261 e. The van der Waals surface area contributed by atoms with E-state index in [-0.39, 0.29) is 36.2 Å². The van der Waals surface area contributed by atoms with E-state index < -0.39 is 0 Å². The summed E-state index contributed by atoms with van der Waals surface area (Å²) in [6.07, 6.45) is 3.81. The minimum Gasteiger partial charge on any atom is -0.354 e. The fourth-order valence-electron chi connectivity index (χ4n) is 3.67. The highest BCUT2D eigenvalue weighted by Gasteiger charge is 2.35. The summed E-state index contributed by atoms with van der Waals surface area (Å²) in [7, 11) is 0. The maximum atomic E-state index is 12.3. The van der Waals surface area contributed by atoms with Crippen molar-refractivity contribution in [1.82, 2.24) is 15.1 Å². The normalized spacial score (nSPS) is 18.2. The lowest BCUT2D eigenvalue weighted by Gasteiger charge is -2.41. The third-order valence-electron chi connectivity index (χ3n) is 5.37. The molecule has 1 N–H and O–H groups in total. The maximum Gasteiger partial charge on any atom is 0.261 e. The van der Waals surface area contributed by atoms with Crippen LogP contribution in [0.2, 0.25) is 0 Å². The Labute approximate surface area is 154 Å². The van der Waals surface area contributed by atoms with E-state index in [9.17, 15) is 14.4 Å². The summed E-state index contributed by atoms with van der Waals surface area (Å²) in [6, 6.07) is 6.78. The summed E-state index contributed by atoms with van der Waals surface area (Å²) in [6.45, 7) is 7.09. The van der Waals surface area contributed by atoms with Crippen LogP contribution in [0.4, 0.5) is 0 Å². The molecule has 0 atom stereocenters. The second-order valence-corrected chi connectivity index (χ2v) is 7.69. The number of rotatable bonds is 6. The molecule has 6 heteroatoms. The molecule has 0 bridgehead atoms. The van der Waals surface area contributed by atoms with Crippen LogP contribution in [0.5, 0.6) is 0 Å². The highest BCUT2D eigenvalue weighted by molar-refractivity contribution is 6.21. The van der Waals surface area contributed by atoms with Crippen LogP contribution >= 0.6 is 0 Å². The van der Waals surface area contributed by atoms with Gasteiger partial charge in [-0.25, -0.2) is 0 Å². The first-order valence-corrected chi connectivity index (χ1v) is 9.37. The topological polar surface area (TPSA) is 69.7 Å². The second-order valence-electron chi connectivity index (χ2n) is 7.69. The first kappa shape index (κ1) is 18.6. The zero-order chi connectivity index (χ0) is 18.7. The second kappa shape index (κ2) is 7.58. The largest absolute Gasteiger partial charge is 0.354 e. The number of hydrogen-bond acceptors (Lipinski definition) is 4. The van der Waals surface area contributed by atoms with E-state index in [0.29, 0.717) is 17.7 Å². The Bertz CT molecular complexity index is 673. The van der Waals surface area contributed by atoms with Crippen molar-refractivity contribution in [1.29, 1.82) is 0 Å². The Hall–Kier alpha value is -2.21. The van der Waals surface area contributed by atoms with E-state index in [2.05, 4.69) is 24.1 Å². The van der Waals surface area contributed by atoms with Crippen LogP contribution in [0, 0.1) is 0 Å². The van der Waals surface area contributed by atoms with Crippen molar-refractivity contribution in [3.63, 3.8) is 0 Å². The van der Waals surface area contributed by atoms with E-state index in [0.717, 1.165) is 13.1 Å². The summed E-state index contributed by atoms with van der Waals surface area (Å²) in [5, 5.41) is 2.97. The number of imide groups is 1. The number of hydrogen-bond donors (Lipinski definition) is 1. The molecule has 0 saturated carbocycles. The lowest BCUT2D eigenvalue weighted by molar-refractivity contribution is -0.121.